The number of nitrogens with one attached hydrogen (secondary N) is 2. The predicted molar refractivity (Wildman–Crippen MR) is 99.6 cm³/mol. The van der Waals surface area contributed by atoms with Crippen LogP contribution in [0.15, 0.2) is 28.0 Å². The fourth-order valence-corrected chi connectivity index (χ4v) is 4.45. The minimum Gasteiger partial charge on any atom is -0.351 e. The number of benzene rings is 1. The topological polar surface area (TPSA) is 92.3 Å². The summed E-state index contributed by atoms with van der Waals surface area (Å²) in [4.78, 5) is 24.7. The highest BCUT2D eigenvalue weighted by Gasteiger charge is 2.26. The van der Waals surface area contributed by atoms with Gasteiger partial charge in [-0.05, 0) is 45.4 Å². The molecule has 0 saturated carbocycles. The van der Waals surface area contributed by atoms with E-state index in [0.29, 0.717) is 5.69 Å². The molecular formula is C17H24N2O4S2. The van der Waals surface area contributed by atoms with Gasteiger partial charge in [-0.15, -0.1) is 11.8 Å². The third kappa shape index (κ3) is 4.98. The maximum atomic E-state index is 12.5. The number of carbonyl (C=O) groups is 2. The molecule has 0 saturated heterocycles. The zero-order valence-electron chi connectivity index (χ0n) is 14.9. The Hall–Kier alpha value is -1.54. The number of rotatable bonds is 6. The molecule has 0 radical (unpaired) electrons. The molecule has 1 aliphatic heterocycles. The molecule has 8 heteroatoms. The normalized spacial score (nSPS) is 17.6. The summed E-state index contributed by atoms with van der Waals surface area (Å²) in [6, 6.07) is 4.69. The van der Waals surface area contributed by atoms with Crippen molar-refractivity contribution in [3.8, 4) is 0 Å². The van der Waals surface area contributed by atoms with E-state index in [4.69, 9.17) is 0 Å². The van der Waals surface area contributed by atoms with Gasteiger partial charge in [-0.2, -0.15) is 0 Å². The molecule has 0 aromatic heterocycles. The summed E-state index contributed by atoms with van der Waals surface area (Å²) in [6.45, 7) is 7.54. The molecule has 2 rings (SSSR count). The second-order valence-corrected chi connectivity index (χ2v) is 10.3. The van der Waals surface area contributed by atoms with Crippen molar-refractivity contribution in [1.82, 2.24) is 5.32 Å². The smallest absolute Gasteiger partial charge is 0.237 e. The number of sulfone groups is 1. The molecule has 25 heavy (non-hydrogen) atoms. The van der Waals surface area contributed by atoms with E-state index >= 15 is 0 Å². The van der Waals surface area contributed by atoms with Crippen LogP contribution in [0.3, 0.4) is 0 Å². The zero-order valence-corrected chi connectivity index (χ0v) is 16.5. The van der Waals surface area contributed by atoms with E-state index in [1.165, 1.54) is 23.9 Å². The molecular weight excluding hydrogens is 360 g/mol. The van der Waals surface area contributed by atoms with E-state index in [1.54, 1.807) is 13.0 Å². The molecule has 138 valence electrons. The summed E-state index contributed by atoms with van der Waals surface area (Å²) in [5, 5.41) is 5.34. The minimum atomic E-state index is -3.60. The van der Waals surface area contributed by atoms with Crippen molar-refractivity contribution in [3.63, 3.8) is 0 Å². The summed E-state index contributed by atoms with van der Waals surface area (Å²) < 4.78 is 25.0. The number of carbonyl (C=O) groups excluding carboxylic acids is 2. The number of fused-ring (bicyclic) bond motifs is 1. The molecule has 1 aromatic carbocycles. The van der Waals surface area contributed by atoms with Gasteiger partial charge in [0.05, 0.1) is 21.6 Å². The third-order valence-electron chi connectivity index (χ3n) is 4.20. The van der Waals surface area contributed by atoms with E-state index in [-0.39, 0.29) is 39.7 Å². The Balaban J connectivity index is 2.09. The number of amides is 2. The molecule has 0 fully saturated rings. The third-order valence-corrected chi connectivity index (χ3v) is 7.09. The van der Waals surface area contributed by atoms with Crippen molar-refractivity contribution in [2.75, 3.05) is 11.1 Å². The Labute approximate surface area is 153 Å². The largest absolute Gasteiger partial charge is 0.351 e. The van der Waals surface area contributed by atoms with Crippen LogP contribution in [0.5, 0.6) is 0 Å². The first-order valence-corrected chi connectivity index (χ1v) is 10.7. The van der Waals surface area contributed by atoms with Gasteiger partial charge in [-0.25, -0.2) is 8.42 Å². The van der Waals surface area contributed by atoms with Gasteiger partial charge >= 0.3 is 0 Å². The first kappa shape index (κ1) is 19.8. The standard InChI is InChI=1S/C17H24N2O4S2/c1-5-17(3,4)19-15(20)8-9-25(22,23)12-6-7-14-13(10-12)18-16(21)11(2)24-14/h6-7,10-11H,5,8-9H2,1-4H3,(H,18,21)(H,19,20)/t11-/m0/s1. The lowest BCUT2D eigenvalue weighted by Crippen LogP contribution is -2.43. The van der Waals surface area contributed by atoms with E-state index in [9.17, 15) is 18.0 Å². The van der Waals surface area contributed by atoms with E-state index in [1.807, 2.05) is 20.8 Å². The lowest BCUT2D eigenvalue weighted by atomic mass is 10.0. The Kier molecular flexibility index (Phi) is 5.83. The van der Waals surface area contributed by atoms with Crippen LogP contribution in [0.1, 0.15) is 40.5 Å². The second-order valence-electron chi connectivity index (χ2n) is 6.76. The van der Waals surface area contributed by atoms with Crippen molar-refractivity contribution >= 4 is 39.1 Å². The molecule has 2 amide bonds. The highest BCUT2D eigenvalue weighted by molar-refractivity contribution is 8.01. The number of hydrogen-bond acceptors (Lipinski definition) is 5. The summed E-state index contributed by atoms with van der Waals surface area (Å²) in [5.41, 5.74) is 0.149. The van der Waals surface area contributed by atoms with Gasteiger partial charge in [-0.3, -0.25) is 9.59 Å². The minimum absolute atomic E-state index is 0.0962. The number of anilines is 1. The number of hydrogen-bond donors (Lipinski definition) is 2. The van der Waals surface area contributed by atoms with Crippen LogP contribution in [0.25, 0.3) is 0 Å². The molecule has 1 aliphatic rings. The Bertz CT molecular complexity index is 788. The molecule has 1 atom stereocenters. The first-order valence-electron chi connectivity index (χ1n) is 8.19. The molecule has 0 bridgehead atoms. The van der Waals surface area contributed by atoms with Crippen LogP contribution < -0.4 is 10.6 Å². The van der Waals surface area contributed by atoms with Gasteiger partial charge in [0.2, 0.25) is 11.8 Å². The SMILES string of the molecule is CCC(C)(C)NC(=O)CCS(=O)(=O)c1ccc2c(c1)NC(=O)[C@H](C)S2. The highest BCUT2D eigenvalue weighted by atomic mass is 32.2. The average molecular weight is 385 g/mol. The zero-order chi connectivity index (χ0) is 18.8. The van der Waals surface area contributed by atoms with Gasteiger partial charge in [-0.1, -0.05) is 6.92 Å². The fourth-order valence-electron chi connectivity index (χ4n) is 2.25. The van der Waals surface area contributed by atoms with Crippen LogP contribution >= 0.6 is 11.8 Å². The lowest BCUT2D eigenvalue weighted by Gasteiger charge is -2.24. The monoisotopic (exact) mass is 384 g/mol. The lowest BCUT2D eigenvalue weighted by molar-refractivity contribution is -0.122. The van der Waals surface area contributed by atoms with E-state index < -0.39 is 9.84 Å². The van der Waals surface area contributed by atoms with Crippen molar-refractivity contribution in [1.29, 1.82) is 0 Å². The predicted octanol–water partition coefficient (Wildman–Crippen LogP) is 2.59. The quantitative estimate of drug-likeness (QED) is 0.786. The molecule has 0 spiro atoms. The maximum Gasteiger partial charge on any atom is 0.237 e. The van der Waals surface area contributed by atoms with Crippen molar-refractivity contribution in [3.05, 3.63) is 18.2 Å². The van der Waals surface area contributed by atoms with Crippen LogP contribution in [0, 0.1) is 0 Å². The van der Waals surface area contributed by atoms with Crippen LogP contribution in [0.4, 0.5) is 5.69 Å². The highest BCUT2D eigenvalue weighted by Crippen LogP contribution is 2.36. The molecule has 1 heterocycles. The molecule has 0 unspecified atom stereocenters. The van der Waals surface area contributed by atoms with Crippen LogP contribution in [-0.4, -0.2) is 36.8 Å². The van der Waals surface area contributed by atoms with Crippen molar-refractivity contribution in [2.24, 2.45) is 0 Å². The maximum absolute atomic E-state index is 12.5. The Morgan fingerprint density at radius 1 is 1.36 bits per heavy atom. The van der Waals surface area contributed by atoms with Crippen LogP contribution in [-0.2, 0) is 19.4 Å². The molecule has 0 aliphatic carbocycles. The second kappa shape index (κ2) is 7.37. The molecule has 2 N–H and O–H groups in total. The summed E-state index contributed by atoms with van der Waals surface area (Å²) in [6.07, 6.45) is 0.660. The van der Waals surface area contributed by atoms with Crippen molar-refractivity contribution < 1.29 is 18.0 Å². The van der Waals surface area contributed by atoms with Gasteiger partial charge in [0.25, 0.3) is 0 Å². The Morgan fingerprint density at radius 3 is 2.68 bits per heavy atom. The number of thioether (sulfide) groups is 1. The van der Waals surface area contributed by atoms with E-state index in [0.717, 1.165) is 11.3 Å². The summed E-state index contributed by atoms with van der Waals surface area (Å²) >= 11 is 1.40. The average Bonchev–Trinajstić information content (AvgIpc) is 2.53. The molecule has 1 aromatic rings. The summed E-state index contributed by atoms with van der Waals surface area (Å²) in [7, 11) is -3.60. The van der Waals surface area contributed by atoms with Crippen LogP contribution in [0.2, 0.25) is 0 Å². The van der Waals surface area contributed by atoms with Gasteiger partial charge in [0, 0.05) is 16.9 Å². The Morgan fingerprint density at radius 2 is 2.04 bits per heavy atom. The summed E-state index contributed by atoms with van der Waals surface area (Å²) in [5.74, 6) is -0.700. The van der Waals surface area contributed by atoms with Crippen molar-refractivity contribution in [2.45, 2.75) is 61.1 Å². The van der Waals surface area contributed by atoms with E-state index in [2.05, 4.69) is 10.6 Å². The fraction of sp³-hybridized carbons (Fsp3) is 0.529. The molecule has 6 nitrogen and oxygen atoms in total. The van der Waals surface area contributed by atoms with Gasteiger partial charge < -0.3 is 10.6 Å². The van der Waals surface area contributed by atoms with Gasteiger partial charge in [0.1, 0.15) is 0 Å². The van der Waals surface area contributed by atoms with Gasteiger partial charge in [0.15, 0.2) is 9.84 Å². The first-order chi connectivity index (χ1) is 11.5.